The van der Waals surface area contributed by atoms with Crippen LogP contribution in [0.25, 0.3) is 0 Å². The van der Waals surface area contributed by atoms with Crippen molar-refractivity contribution in [3.63, 3.8) is 0 Å². The summed E-state index contributed by atoms with van der Waals surface area (Å²) in [5, 5.41) is 11.4. The van der Waals surface area contributed by atoms with E-state index < -0.39 is 0 Å². The van der Waals surface area contributed by atoms with Crippen molar-refractivity contribution in [3.8, 4) is 0 Å². The van der Waals surface area contributed by atoms with Gasteiger partial charge < -0.3 is 15.1 Å². The van der Waals surface area contributed by atoms with Crippen LogP contribution in [0.15, 0.2) is 30.7 Å². The summed E-state index contributed by atoms with van der Waals surface area (Å²) in [5.74, 6) is 1.43. The van der Waals surface area contributed by atoms with Crippen LogP contribution in [0.4, 0.5) is 11.8 Å². The van der Waals surface area contributed by atoms with E-state index in [-0.39, 0.29) is 0 Å². The average Bonchev–Trinajstić information content (AvgIpc) is 2.55. The Balaban J connectivity index is 1.63. The van der Waals surface area contributed by atoms with Crippen LogP contribution < -0.4 is 10.2 Å². The summed E-state index contributed by atoms with van der Waals surface area (Å²) in [6, 6.07) is 3.95. The van der Waals surface area contributed by atoms with Gasteiger partial charge in [0.2, 0.25) is 5.95 Å². The van der Waals surface area contributed by atoms with Crippen molar-refractivity contribution in [2.75, 3.05) is 43.4 Å². The van der Waals surface area contributed by atoms with Gasteiger partial charge in [-0.25, -0.2) is 0 Å². The summed E-state index contributed by atoms with van der Waals surface area (Å²) in [5.41, 5.74) is 1.11. The molecule has 7 nitrogen and oxygen atoms in total. The van der Waals surface area contributed by atoms with Crippen LogP contribution in [0.2, 0.25) is 0 Å². The van der Waals surface area contributed by atoms with E-state index in [2.05, 4.69) is 42.3 Å². The van der Waals surface area contributed by atoms with Gasteiger partial charge in [-0.1, -0.05) is 6.07 Å². The second-order valence-electron chi connectivity index (χ2n) is 5.15. The van der Waals surface area contributed by atoms with E-state index in [0.29, 0.717) is 12.5 Å². The Kier molecular flexibility index (Phi) is 4.20. The molecule has 0 amide bonds. The zero-order valence-electron chi connectivity index (χ0n) is 12.1. The number of nitrogens with one attached hydrogen (secondary N) is 1. The van der Waals surface area contributed by atoms with Gasteiger partial charge in [-0.2, -0.15) is 10.1 Å². The highest BCUT2D eigenvalue weighted by Crippen LogP contribution is 2.12. The topological polar surface area (TPSA) is 70.1 Å². The fraction of sp³-hybridized carbons (Fsp3) is 0.429. The number of likely N-dealkylation sites (N-methyl/N-ethyl adjacent to an activating group) is 1. The second-order valence-corrected chi connectivity index (χ2v) is 5.15. The van der Waals surface area contributed by atoms with Gasteiger partial charge in [0.1, 0.15) is 0 Å². The van der Waals surface area contributed by atoms with E-state index in [0.717, 1.165) is 37.6 Å². The van der Waals surface area contributed by atoms with Crippen LogP contribution >= 0.6 is 0 Å². The number of hydrogen-bond donors (Lipinski definition) is 1. The van der Waals surface area contributed by atoms with Crippen molar-refractivity contribution in [2.45, 2.75) is 6.54 Å². The molecule has 0 aliphatic carbocycles. The summed E-state index contributed by atoms with van der Waals surface area (Å²) in [6.45, 7) is 4.59. The number of piperazine rings is 1. The number of nitrogens with zero attached hydrogens (tertiary/aromatic N) is 6. The van der Waals surface area contributed by atoms with Gasteiger partial charge >= 0.3 is 0 Å². The minimum absolute atomic E-state index is 0.675. The molecule has 3 heterocycles. The van der Waals surface area contributed by atoms with Gasteiger partial charge in [0.05, 0.1) is 6.20 Å². The van der Waals surface area contributed by atoms with Crippen molar-refractivity contribution >= 4 is 11.8 Å². The highest BCUT2D eigenvalue weighted by Gasteiger charge is 2.17. The molecule has 1 aliphatic heterocycles. The minimum atomic E-state index is 0.675. The van der Waals surface area contributed by atoms with Crippen LogP contribution in [0, 0.1) is 0 Å². The Hall–Kier alpha value is -2.28. The molecule has 1 fully saturated rings. The first kappa shape index (κ1) is 13.7. The van der Waals surface area contributed by atoms with Crippen molar-refractivity contribution < 1.29 is 0 Å². The molecule has 21 heavy (non-hydrogen) atoms. The van der Waals surface area contributed by atoms with E-state index in [4.69, 9.17) is 0 Å². The smallest absolute Gasteiger partial charge is 0.247 e. The fourth-order valence-electron chi connectivity index (χ4n) is 2.22. The molecule has 0 bridgehead atoms. The molecule has 0 unspecified atom stereocenters. The van der Waals surface area contributed by atoms with Gasteiger partial charge in [0.15, 0.2) is 5.82 Å². The van der Waals surface area contributed by atoms with Crippen molar-refractivity contribution in [1.82, 2.24) is 25.1 Å². The van der Waals surface area contributed by atoms with Crippen LogP contribution in [-0.4, -0.2) is 58.3 Å². The summed E-state index contributed by atoms with van der Waals surface area (Å²) in [4.78, 5) is 13.1. The largest absolute Gasteiger partial charge is 0.364 e. The third-order valence-corrected chi connectivity index (χ3v) is 3.53. The molecule has 0 saturated carbocycles. The SMILES string of the molecule is CN1CCN(c2nncc(NCc3cccnc3)n2)CC1. The molecule has 7 heteroatoms. The van der Waals surface area contributed by atoms with Gasteiger partial charge in [-0.3, -0.25) is 4.98 Å². The maximum Gasteiger partial charge on any atom is 0.247 e. The second kappa shape index (κ2) is 6.45. The highest BCUT2D eigenvalue weighted by atomic mass is 15.4. The minimum Gasteiger partial charge on any atom is -0.364 e. The summed E-state index contributed by atoms with van der Waals surface area (Å²) in [7, 11) is 2.13. The average molecular weight is 285 g/mol. The maximum absolute atomic E-state index is 4.54. The monoisotopic (exact) mass is 285 g/mol. The molecule has 0 spiro atoms. The summed E-state index contributed by atoms with van der Waals surface area (Å²) in [6.07, 6.45) is 5.25. The predicted molar refractivity (Wildman–Crippen MR) is 81.1 cm³/mol. The molecular weight excluding hydrogens is 266 g/mol. The lowest BCUT2D eigenvalue weighted by molar-refractivity contribution is 0.311. The van der Waals surface area contributed by atoms with E-state index in [1.54, 1.807) is 12.4 Å². The molecule has 2 aromatic rings. The quantitative estimate of drug-likeness (QED) is 0.883. The molecule has 0 aromatic carbocycles. The first-order valence-corrected chi connectivity index (χ1v) is 7.07. The standard InChI is InChI=1S/C14H19N7/c1-20-5-7-21(8-6-20)14-18-13(11-17-19-14)16-10-12-3-2-4-15-9-12/h2-4,9,11H,5-8,10H2,1H3,(H,16,18,19). The molecule has 2 aromatic heterocycles. The third-order valence-electron chi connectivity index (χ3n) is 3.53. The number of anilines is 2. The fourth-order valence-corrected chi connectivity index (χ4v) is 2.22. The van der Waals surface area contributed by atoms with Gasteiger partial charge in [-0.15, -0.1) is 5.10 Å². The number of hydrogen-bond acceptors (Lipinski definition) is 7. The zero-order valence-corrected chi connectivity index (χ0v) is 12.1. The molecule has 1 aliphatic rings. The van der Waals surface area contributed by atoms with E-state index in [1.807, 2.05) is 18.3 Å². The van der Waals surface area contributed by atoms with Gasteiger partial charge in [0.25, 0.3) is 0 Å². The molecule has 0 atom stereocenters. The Labute approximate surface area is 124 Å². The lowest BCUT2D eigenvalue weighted by Crippen LogP contribution is -2.45. The van der Waals surface area contributed by atoms with Crippen LogP contribution in [0.5, 0.6) is 0 Å². The first-order valence-electron chi connectivity index (χ1n) is 7.07. The normalized spacial score (nSPS) is 16.0. The van der Waals surface area contributed by atoms with Gasteiger partial charge in [-0.05, 0) is 18.7 Å². The summed E-state index contributed by atoms with van der Waals surface area (Å²) < 4.78 is 0. The molecular formula is C14H19N7. The van der Waals surface area contributed by atoms with Crippen LogP contribution in [-0.2, 0) is 6.54 Å². The molecule has 110 valence electrons. The Morgan fingerprint density at radius 2 is 2.05 bits per heavy atom. The third kappa shape index (κ3) is 3.63. The molecule has 0 radical (unpaired) electrons. The number of pyridine rings is 1. The van der Waals surface area contributed by atoms with E-state index in [9.17, 15) is 0 Å². The Morgan fingerprint density at radius 3 is 2.81 bits per heavy atom. The van der Waals surface area contributed by atoms with Crippen molar-refractivity contribution in [2.24, 2.45) is 0 Å². The zero-order chi connectivity index (χ0) is 14.5. The van der Waals surface area contributed by atoms with E-state index in [1.165, 1.54) is 0 Å². The Morgan fingerprint density at radius 1 is 1.19 bits per heavy atom. The lowest BCUT2D eigenvalue weighted by atomic mass is 10.3. The van der Waals surface area contributed by atoms with Crippen LogP contribution in [0.3, 0.4) is 0 Å². The molecule has 3 rings (SSSR count). The number of rotatable bonds is 4. The lowest BCUT2D eigenvalue weighted by Gasteiger charge is -2.32. The van der Waals surface area contributed by atoms with Crippen LogP contribution in [0.1, 0.15) is 5.56 Å². The summed E-state index contributed by atoms with van der Waals surface area (Å²) >= 11 is 0. The highest BCUT2D eigenvalue weighted by molar-refractivity contribution is 5.39. The molecule has 1 saturated heterocycles. The van der Waals surface area contributed by atoms with Gasteiger partial charge in [0, 0.05) is 45.1 Å². The van der Waals surface area contributed by atoms with Crippen molar-refractivity contribution in [3.05, 3.63) is 36.3 Å². The maximum atomic E-state index is 4.54. The first-order chi connectivity index (χ1) is 10.3. The Bertz CT molecular complexity index is 567. The predicted octanol–water partition coefficient (Wildman–Crippen LogP) is 0.630. The van der Waals surface area contributed by atoms with E-state index >= 15 is 0 Å². The number of aromatic nitrogens is 4. The van der Waals surface area contributed by atoms with Crippen molar-refractivity contribution in [1.29, 1.82) is 0 Å². The molecule has 1 N–H and O–H groups in total.